The summed E-state index contributed by atoms with van der Waals surface area (Å²) in [6.45, 7) is 0.828. The SMILES string of the molecule is Cn1c(=NNC(=O)CC[C@H]2CCCO2)sc2ccccc21. The number of aromatic nitrogens is 1. The highest BCUT2D eigenvalue weighted by Gasteiger charge is 2.16. The molecule has 0 bridgehead atoms. The molecule has 2 aromatic rings. The predicted molar refractivity (Wildman–Crippen MR) is 82.7 cm³/mol. The Hall–Kier alpha value is -1.66. The Balaban J connectivity index is 1.63. The van der Waals surface area contributed by atoms with Gasteiger partial charge >= 0.3 is 0 Å². The lowest BCUT2D eigenvalue weighted by atomic mass is 10.1. The number of fused-ring (bicyclic) bond motifs is 1. The van der Waals surface area contributed by atoms with Gasteiger partial charge in [-0.3, -0.25) is 4.79 Å². The van der Waals surface area contributed by atoms with E-state index >= 15 is 0 Å². The Kier molecular flexibility index (Phi) is 4.36. The van der Waals surface area contributed by atoms with Crippen molar-refractivity contribution in [2.24, 2.45) is 12.1 Å². The highest BCUT2D eigenvalue weighted by molar-refractivity contribution is 7.16. The fraction of sp³-hybridized carbons (Fsp3) is 0.467. The molecule has 0 radical (unpaired) electrons. The summed E-state index contributed by atoms with van der Waals surface area (Å²) in [7, 11) is 1.95. The van der Waals surface area contributed by atoms with Crippen molar-refractivity contribution in [3.8, 4) is 0 Å². The summed E-state index contributed by atoms with van der Waals surface area (Å²) in [5.41, 5.74) is 3.77. The first-order valence-electron chi connectivity index (χ1n) is 7.23. The van der Waals surface area contributed by atoms with Crippen LogP contribution in [0.2, 0.25) is 0 Å². The van der Waals surface area contributed by atoms with Gasteiger partial charge in [0, 0.05) is 20.1 Å². The average molecular weight is 305 g/mol. The number of amides is 1. The monoisotopic (exact) mass is 305 g/mol. The first kappa shape index (κ1) is 14.3. The van der Waals surface area contributed by atoms with Crippen LogP contribution in [-0.4, -0.2) is 23.2 Å². The van der Waals surface area contributed by atoms with Gasteiger partial charge in [0.15, 0.2) is 0 Å². The first-order chi connectivity index (χ1) is 10.2. The molecule has 1 aliphatic heterocycles. The van der Waals surface area contributed by atoms with Gasteiger partial charge in [-0.1, -0.05) is 23.5 Å². The lowest BCUT2D eigenvalue weighted by molar-refractivity contribution is -0.121. The van der Waals surface area contributed by atoms with Gasteiger partial charge in [0.25, 0.3) is 0 Å². The summed E-state index contributed by atoms with van der Waals surface area (Å²) in [4.78, 5) is 12.6. The van der Waals surface area contributed by atoms with Crippen molar-refractivity contribution < 1.29 is 9.53 Å². The van der Waals surface area contributed by atoms with Crippen molar-refractivity contribution in [2.75, 3.05) is 6.61 Å². The number of hydrogen-bond donors (Lipinski definition) is 1. The maximum absolute atomic E-state index is 11.8. The summed E-state index contributed by atoms with van der Waals surface area (Å²) in [6, 6.07) is 8.10. The van der Waals surface area contributed by atoms with E-state index in [0.29, 0.717) is 6.42 Å². The Morgan fingerprint density at radius 3 is 3.14 bits per heavy atom. The van der Waals surface area contributed by atoms with Gasteiger partial charge in [0.1, 0.15) is 0 Å². The number of carbonyl (C=O) groups is 1. The average Bonchev–Trinajstić information content (AvgIpc) is 3.12. The molecular weight excluding hydrogens is 286 g/mol. The van der Waals surface area contributed by atoms with E-state index in [9.17, 15) is 4.79 Å². The van der Waals surface area contributed by atoms with Gasteiger partial charge in [0.2, 0.25) is 10.7 Å². The number of rotatable bonds is 4. The Bertz CT molecular complexity index is 698. The van der Waals surface area contributed by atoms with E-state index in [4.69, 9.17) is 4.74 Å². The summed E-state index contributed by atoms with van der Waals surface area (Å²) in [5.74, 6) is -0.0528. The third-order valence-corrected chi connectivity index (χ3v) is 4.82. The number of nitrogens with zero attached hydrogens (tertiary/aromatic N) is 2. The lowest BCUT2D eigenvalue weighted by Gasteiger charge is -2.07. The standard InChI is InChI=1S/C15H19N3O2S/c1-18-12-6-2-3-7-13(12)21-15(18)17-16-14(19)9-8-11-5-4-10-20-11/h2-3,6-7,11H,4-5,8-10H2,1H3,(H,16,19)/t11-/m1/s1. The van der Waals surface area contributed by atoms with Crippen molar-refractivity contribution in [1.29, 1.82) is 0 Å². The minimum atomic E-state index is -0.0528. The molecule has 1 aliphatic rings. The van der Waals surface area contributed by atoms with Crippen molar-refractivity contribution >= 4 is 27.5 Å². The summed E-state index contributed by atoms with van der Waals surface area (Å²) in [5, 5.41) is 4.23. The Morgan fingerprint density at radius 1 is 1.52 bits per heavy atom. The molecule has 1 amide bonds. The zero-order valence-corrected chi connectivity index (χ0v) is 12.9. The normalized spacial score (nSPS) is 19.3. The molecule has 1 fully saturated rings. The number of benzene rings is 1. The highest BCUT2D eigenvalue weighted by atomic mass is 32.1. The number of carbonyl (C=O) groups excluding carboxylic acids is 1. The van der Waals surface area contributed by atoms with Crippen molar-refractivity contribution in [2.45, 2.75) is 31.8 Å². The number of hydrogen-bond acceptors (Lipinski definition) is 4. The molecule has 0 spiro atoms. The number of aryl methyl sites for hydroxylation is 1. The van der Waals surface area contributed by atoms with Crippen molar-refractivity contribution in [3.05, 3.63) is 29.1 Å². The van der Waals surface area contributed by atoms with Crippen LogP contribution in [0.4, 0.5) is 0 Å². The van der Waals surface area contributed by atoms with Crippen LogP contribution < -0.4 is 10.2 Å². The highest BCUT2D eigenvalue weighted by Crippen LogP contribution is 2.17. The second-order valence-electron chi connectivity index (χ2n) is 5.23. The van der Waals surface area contributed by atoms with Gasteiger partial charge in [0.05, 0.1) is 16.3 Å². The Labute approximate surface area is 127 Å². The maximum Gasteiger partial charge on any atom is 0.240 e. The van der Waals surface area contributed by atoms with Crippen LogP contribution in [0, 0.1) is 0 Å². The fourth-order valence-electron chi connectivity index (χ4n) is 2.52. The molecule has 5 nitrogen and oxygen atoms in total. The van der Waals surface area contributed by atoms with E-state index in [2.05, 4.69) is 16.6 Å². The molecule has 112 valence electrons. The van der Waals surface area contributed by atoms with Gasteiger partial charge < -0.3 is 9.30 Å². The largest absolute Gasteiger partial charge is 0.378 e. The molecule has 6 heteroatoms. The van der Waals surface area contributed by atoms with E-state index in [1.54, 1.807) is 11.3 Å². The molecule has 21 heavy (non-hydrogen) atoms. The minimum absolute atomic E-state index is 0.0528. The van der Waals surface area contributed by atoms with Crippen LogP contribution >= 0.6 is 11.3 Å². The number of thiazole rings is 1. The Morgan fingerprint density at radius 2 is 2.38 bits per heavy atom. The maximum atomic E-state index is 11.8. The van der Waals surface area contributed by atoms with Gasteiger partial charge in [-0.2, -0.15) is 0 Å². The van der Waals surface area contributed by atoms with Gasteiger partial charge in [-0.25, -0.2) is 5.43 Å². The first-order valence-corrected chi connectivity index (χ1v) is 8.04. The molecule has 2 heterocycles. The quantitative estimate of drug-likeness (QED) is 0.880. The molecule has 1 aromatic heterocycles. The molecule has 0 aliphatic carbocycles. The van der Waals surface area contributed by atoms with E-state index < -0.39 is 0 Å². The van der Waals surface area contributed by atoms with Crippen LogP contribution in [0.5, 0.6) is 0 Å². The zero-order chi connectivity index (χ0) is 14.7. The molecule has 1 aromatic carbocycles. The number of nitrogens with one attached hydrogen (secondary N) is 1. The molecule has 1 atom stereocenters. The topological polar surface area (TPSA) is 55.6 Å². The second kappa shape index (κ2) is 6.41. The van der Waals surface area contributed by atoms with E-state index in [1.165, 1.54) is 0 Å². The summed E-state index contributed by atoms with van der Waals surface area (Å²) in [6.07, 6.45) is 3.66. The van der Waals surface area contributed by atoms with Crippen molar-refractivity contribution in [3.63, 3.8) is 0 Å². The fourth-order valence-corrected chi connectivity index (χ4v) is 3.50. The molecule has 1 N–H and O–H groups in total. The van der Waals surface area contributed by atoms with Crippen LogP contribution in [0.25, 0.3) is 10.2 Å². The lowest BCUT2D eigenvalue weighted by Crippen LogP contribution is -2.24. The minimum Gasteiger partial charge on any atom is -0.378 e. The van der Waals surface area contributed by atoms with E-state index in [1.807, 2.05) is 29.8 Å². The zero-order valence-electron chi connectivity index (χ0n) is 12.0. The smallest absolute Gasteiger partial charge is 0.240 e. The van der Waals surface area contributed by atoms with Gasteiger partial charge in [-0.05, 0) is 31.4 Å². The molecular formula is C15H19N3O2S. The molecule has 3 rings (SSSR count). The molecule has 1 saturated heterocycles. The third kappa shape index (κ3) is 3.33. The predicted octanol–water partition coefficient (Wildman–Crippen LogP) is 2.13. The number of ether oxygens (including phenoxy) is 1. The van der Waals surface area contributed by atoms with Crippen molar-refractivity contribution in [1.82, 2.24) is 9.99 Å². The van der Waals surface area contributed by atoms with Crippen LogP contribution in [0.1, 0.15) is 25.7 Å². The van der Waals surface area contributed by atoms with Crippen LogP contribution in [0.15, 0.2) is 29.4 Å². The van der Waals surface area contributed by atoms with Gasteiger partial charge in [-0.15, -0.1) is 5.10 Å². The second-order valence-corrected chi connectivity index (χ2v) is 6.24. The van der Waals surface area contributed by atoms with Crippen LogP contribution in [-0.2, 0) is 16.6 Å². The van der Waals surface area contributed by atoms with Crippen LogP contribution in [0.3, 0.4) is 0 Å². The van der Waals surface area contributed by atoms with E-state index in [-0.39, 0.29) is 12.0 Å². The summed E-state index contributed by atoms with van der Waals surface area (Å²) < 4.78 is 8.66. The summed E-state index contributed by atoms with van der Waals surface area (Å²) >= 11 is 1.57. The number of para-hydroxylation sites is 1. The molecule has 0 saturated carbocycles. The third-order valence-electron chi connectivity index (χ3n) is 3.71. The molecule has 0 unspecified atom stereocenters. The van der Waals surface area contributed by atoms with E-state index in [0.717, 1.165) is 40.9 Å².